The molecule has 1 heterocycles. The van der Waals surface area contributed by atoms with E-state index in [2.05, 4.69) is 10.3 Å². The van der Waals surface area contributed by atoms with E-state index in [0.717, 1.165) is 22.0 Å². The number of halogens is 1. The smallest absolute Gasteiger partial charge is 0.133 e. The summed E-state index contributed by atoms with van der Waals surface area (Å²) in [6.45, 7) is 2.61. The molecule has 2 N–H and O–H groups in total. The molecule has 4 heteroatoms. The predicted molar refractivity (Wildman–Crippen MR) is 69.4 cm³/mol. The lowest BCUT2D eigenvalue weighted by atomic mass is 10.2. The third-order valence-corrected chi connectivity index (χ3v) is 2.69. The summed E-state index contributed by atoms with van der Waals surface area (Å²) in [6, 6.07) is 9.11. The average molecular weight is 249 g/mol. The van der Waals surface area contributed by atoms with Crippen LogP contribution in [0.4, 0.5) is 5.69 Å². The van der Waals surface area contributed by atoms with Gasteiger partial charge in [-0.15, -0.1) is 0 Å². The van der Waals surface area contributed by atoms with Crippen LogP contribution in [0, 0.1) is 6.92 Å². The standard InChI is InChI=1S/C13H13ClN2O/c1-9-6-10(14)2-5-13(9)16-7-11-3-4-12(17)8-15-11/h2-6,8,16-17H,7H2,1H3. The number of aryl methyl sites for hydroxylation is 1. The highest BCUT2D eigenvalue weighted by atomic mass is 35.5. The molecule has 0 saturated carbocycles. The Morgan fingerprint density at radius 1 is 1.29 bits per heavy atom. The SMILES string of the molecule is Cc1cc(Cl)ccc1NCc1ccc(O)cn1. The lowest BCUT2D eigenvalue weighted by Gasteiger charge is -2.09. The summed E-state index contributed by atoms with van der Waals surface area (Å²) in [6.07, 6.45) is 1.44. The van der Waals surface area contributed by atoms with Crippen LogP contribution in [0.3, 0.4) is 0 Å². The molecule has 0 spiro atoms. The zero-order valence-corrected chi connectivity index (χ0v) is 10.2. The van der Waals surface area contributed by atoms with Crippen LogP contribution < -0.4 is 5.32 Å². The molecule has 0 atom stereocenters. The predicted octanol–water partition coefficient (Wildman–Crippen LogP) is 3.36. The summed E-state index contributed by atoms with van der Waals surface area (Å²) in [7, 11) is 0. The molecule has 0 amide bonds. The van der Waals surface area contributed by atoms with E-state index < -0.39 is 0 Å². The molecule has 0 saturated heterocycles. The van der Waals surface area contributed by atoms with Gasteiger partial charge in [-0.3, -0.25) is 4.98 Å². The molecule has 17 heavy (non-hydrogen) atoms. The van der Waals surface area contributed by atoms with Crippen LogP contribution in [0.2, 0.25) is 5.02 Å². The molecule has 88 valence electrons. The minimum absolute atomic E-state index is 0.177. The van der Waals surface area contributed by atoms with Crippen LogP contribution in [0.15, 0.2) is 36.5 Å². The van der Waals surface area contributed by atoms with Crippen molar-refractivity contribution in [1.82, 2.24) is 4.98 Å². The minimum atomic E-state index is 0.177. The van der Waals surface area contributed by atoms with Crippen molar-refractivity contribution in [2.75, 3.05) is 5.32 Å². The fraction of sp³-hybridized carbons (Fsp3) is 0.154. The Hall–Kier alpha value is -1.74. The first-order valence-electron chi connectivity index (χ1n) is 5.29. The minimum Gasteiger partial charge on any atom is -0.506 e. The van der Waals surface area contributed by atoms with Crippen molar-refractivity contribution in [3.8, 4) is 5.75 Å². The van der Waals surface area contributed by atoms with Crippen molar-refractivity contribution in [3.63, 3.8) is 0 Å². The highest BCUT2D eigenvalue weighted by Crippen LogP contribution is 2.20. The second-order valence-electron chi connectivity index (χ2n) is 3.82. The van der Waals surface area contributed by atoms with Crippen molar-refractivity contribution in [3.05, 3.63) is 52.8 Å². The van der Waals surface area contributed by atoms with Gasteiger partial charge in [-0.2, -0.15) is 0 Å². The molecule has 0 aliphatic rings. The maximum Gasteiger partial charge on any atom is 0.133 e. The Labute approximate surface area is 105 Å². The quantitative estimate of drug-likeness (QED) is 0.876. The zero-order valence-electron chi connectivity index (χ0n) is 9.44. The molecule has 0 radical (unpaired) electrons. The summed E-state index contributed by atoms with van der Waals surface area (Å²) >= 11 is 5.88. The van der Waals surface area contributed by atoms with Gasteiger partial charge in [0.15, 0.2) is 0 Å². The van der Waals surface area contributed by atoms with Crippen molar-refractivity contribution >= 4 is 17.3 Å². The fourth-order valence-electron chi connectivity index (χ4n) is 1.53. The average Bonchev–Trinajstić information content (AvgIpc) is 2.30. The Morgan fingerprint density at radius 2 is 2.12 bits per heavy atom. The Bertz CT molecular complexity index is 511. The molecule has 0 unspecified atom stereocenters. The van der Waals surface area contributed by atoms with E-state index in [0.29, 0.717) is 6.54 Å². The molecule has 2 rings (SSSR count). The monoisotopic (exact) mass is 248 g/mol. The number of aromatic nitrogens is 1. The van der Waals surface area contributed by atoms with Gasteiger partial charge >= 0.3 is 0 Å². The number of rotatable bonds is 3. The lowest BCUT2D eigenvalue weighted by Crippen LogP contribution is -2.02. The van der Waals surface area contributed by atoms with Crippen LogP contribution in [0.5, 0.6) is 5.75 Å². The van der Waals surface area contributed by atoms with Gasteiger partial charge in [-0.25, -0.2) is 0 Å². The van der Waals surface area contributed by atoms with Gasteiger partial charge in [0.05, 0.1) is 18.4 Å². The van der Waals surface area contributed by atoms with E-state index in [9.17, 15) is 0 Å². The molecule has 1 aromatic carbocycles. The van der Waals surface area contributed by atoms with Crippen molar-refractivity contribution in [2.24, 2.45) is 0 Å². The van der Waals surface area contributed by atoms with Crippen molar-refractivity contribution < 1.29 is 5.11 Å². The summed E-state index contributed by atoms with van der Waals surface area (Å²) in [4.78, 5) is 4.10. The Morgan fingerprint density at radius 3 is 2.76 bits per heavy atom. The summed E-state index contributed by atoms with van der Waals surface area (Å²) < 4.78 is 0. The van der Waals surface area contributed by atoms with E-state index in [1.165, 1.54) is 6.20 Å². The molecule has 1 aromatic heterocycles. The lowest BCUT2D eigenvalue weighted by molar-refractivity contribution is 0.472. The first-order chi connectivity index (χ1) is 8.15. The molecule has 0 bridgehead atoms. The van der Waals surface area contributed by atoms with Crippen LogP contribution in [-0.4, -0.2) is 10.1 Å². The second kappa shape index (κ2) is 5.06. The summed E-state index contributed by atoms with van der Waals surface area (Å²) in [5.74, 6) is 0.177. The molecule has 2 aromatic rings. The molecule has 0 fully saturated rings. The number of hydrogen-bond donors (Lipinski definition) is 2. The molecule has 0 aliphatic carbocycles. The van der Waals surface area contributed by atoms with E-state index in [1.54, 1.807) is 12.1 Å². The third kappa shape index (κ3) is 3.11. The van der Waals surface area contributed by atoms with Gasteiger partial charge in [0.25, 0.3) is 0 Å². The first kappa shape index (κ1) is 11.7. The summed E-state index contributed by atoms with van der Waals surface area (Å²) in [5.41, 5.74) is 3.00. The van der Waals surface area contributed by atoms with E-state index in [-0.39, 0.29) is 5.75 Å². The number of nitrogens with one attached hydrogen (secondary N) is 1. The molecular weight excluding hydrogens is 236 g/mol. The maximum absolute atomic E-state index is 9.12. The van der Waals surface area contributed by atoms with Gasteiger partial charge in [0, 0.05) is 10.7 Å². The highest BCUT2D eigenvalue weighted by Gasteiger charge is 2.00. The van der Waals surface area contributed by atoms with Gasteiger partial charge in [-0.05, 0) is 42.8 Å². The molecule has 3 nitrogen and oxygen atoms in total. The third-order valence-electron chi connectivity index (χ3n) is 2.46. The number of pyridine rings is 1. The van der Waals surface area contributed by atoms with Crippen molar-refractivity contribution in [1.29, 1.82) is 0 Å². The number of aromatic hydroxyl groups is 1. The number of benzene rings is 1. The van der Waals surface area contributed by atoms with E-state index in [4.69, 9.17) is 16.7 Å². The highest BCUT2D eigenvalue weighted by molar-refractivity contribution is 6.30. The fourth-order valence-corrected chi connectivity index (χ4v) is 1.76. The van der Waals surface area contributed by atoms with Crippen LogP contribution in [0.25, 0.3) is 0 Å². The van der Waals surface area contributed by atoms with Crippen LogP contribution in [-0.2, 0) is 6.54 Å². The van der Waals surface area contributed by atoms with Gasteiger partial charge in [-0.1, -0.05) is 11.6 Å². The normalized spacial score (nSPS) is 10.2. The number of hydrogen-bond acceptors (Lipinski definition) is 3. The summed E-state index contributed by atoms with van der Waals surface area (Å²) in [5, 5.41) is 13.1. The van der Waals surface area contributed by atoms with Crippen LogP contribution >= 0.6 is 11.6 Å². The first-order valence-corrected chi connectivity index (χ1v) is 5.67. The van der Waals surface area contributed by atoms with Gasteiger partial charge in [0.2, 0.25) is 0 Å². The van der Waals surface area contributed by atoms with Gasteiger partial charge in [0.1, 0.15) is 5.75 Å². The molecule has 0 aliphatic heterocycles. The van der Waals surface area contributed by atoms with E-state index in [1.807, 2.05) is 25.1 Å². The number of anilines is 1. The Balaban J connectivity index is 2.04. The van der Waals surface area contributed by atoms with Crippen molar-refractivity contribution in [2.45, 2.75) is 13.5 Å². The Kier molecular flexibility index (Phi) is 3.49. The zero-order chi connectivity index (χ0) is 12.3. The maximum atomic E-state index is 9.12. The topological polar surface area (TPSA) is 45.1 Å². The molecular formula is C13H13ClN2O. The van der Waals surface area contributed by atoms with Crippen LogP contribution in [0.1, 0.15) is 11.3 Å². The number of nitrogens with zero attached hydrogens (tertiary/aromatic N) is 1. The second-order valence-corrected chi connectivity index (χ2v) is 4.26. The van der Waals surface area contributed by atoms with E-state index >= 15 is 0 Å². The largest absolute Gasteiger partial charge is 0.506 e. The van der Waals surface area contributed by atoms with Gasteiger partial charge < -0.3 is 10.4 Å².